The van der Waals surface area contributed by atoms with Crippen LogP contribution >= 0.6 is 11.3 Å². The minimum Gasteiger partial charge on any atom is -0.493 e. The van der Waals surface area contributed by atoms with Crippen molar-refractivity contribution in [1.82, 2.24) is 14.9 Å². The number of benzene rings is 1. The van der Waals surface area contributed by atoms with Crippen molar-refractivity contribution in [2.24, 2.45) is 5.92 Å². The summed E-state index contributed by atoms with van der Waals surface area (Å²) in [4.78, 5) is 24.2. The van der Waals surface area contributed by atoms with E-state index in [4.69, 9.17) is 9.47 Å². The molecule has 4 rings (SSSR count). The molecule has 3 aromatic rings. The largest absolute Gasteiger partial charge is 0.493 e. The molecule has 200 valence electrons. The van der Waals surface area contributed by atoms with Gasteiger partial charge in [0.15, 0.2) is 0 Å². The molecule has 1 aliphatic rings. The van der Waals surface area contributed by atoms with Crippen molar-refractivity contribution in [3.63, 3.8) is 0 Å². The number of aryl methyl sites for hydroxylation is 1. The third kappa shape index (κ3) is 9.29. The number of pyridine rings is 1. The Morgan fingerprint density at radius 1 is 0.946 bits per heavy atom. The highest BCUT2D eigenvalue weighted by molar-refractivity contribution is 7.09. The molecule has 2 aromatic heterocycles. The van der Waals surface area contributed by atoms with E-state index in [1.807, 2.05) is 40.9 Å². The molecule has 1 saturated heterocycles. The number of ether oxygens (including phenoxy) is 2. The van der Waals surface area contributed by atoms with Gasteiger partial charge in [-0.3, -0.25) is 9.97 Å². The van der Waals surface area contributed by atoms with Crippen molar-refractivity contribution < 1.29 is 14.3 Å². The molecule has 6 nitrogen and oxygen atoms in total. The summed E-state index contributed by atoms with van der Waals surface area (Å²) in [5, 5.41) is 1.06. The van der Waals surface area contributed by atoms with E-state index < -0.39 is 0 Å². The lowest BCUT2D eigenvalue weighted by atomic mass is 9.94. The molecule has 0 spiro atoms. The number of unbranched alkanes of at least 4 members (excludes halogenated alkanes) is 7. The van der Waals surface area contributed by atoms with Crippen LogP contribution in [0.3, 0.4) is 0 Å². The number of nitrogens with zero attached hydrogens (tertiary/aromatic N) is 3. The van der Waals surface area contributed by atoms with E-state index in [-0.39, 0.29) is 6.09 Å². The zero-order valence-corrected chi connectivity index (χ0v) is 22.8. The van der Waals surface area contributed by atoms with E-state index in [0.717, 1.165) is 61.8 Å². The molecule has 1 fully saturated rings. The molecule has 1 aromatic carbocycles. The van der Waals surface area contributed by atoms with Crippen LogP contribution in [0, 0.1) is 5.92 Å². The Labute approximate surface area is 225 Å². The molecule has 0 radical (unpaired) electrons. The van der Waals surface area contributed by atoms with Gasteiger partial charge in [0.1, 0.15) is 5.75 Å². The van der Waals surface area contributed by atoms with Gasteiger partial charge in [0, 0.05) is 35.7 Å². The monoisotopic (exact) mass is 523 g/mol. The maximum atomic E-state index is 12.4. The quantitative estimate of drug-likeness (QED) is 0.191. The van der Waals surface area contributed by atoms with Crippen LogP contribution < -0.4 is 4.74 Å². The number of likely N-dealkylation sites (tertiary alicyclic amines) is 1. The van der Waals surface area contributed by atoms with Crippen LogP contribution in [0.25, 0.3) is 10.9 Å². The number of carbonyl (C=O) groups is 1. The van der Waals surface area contributed by atoms with E-state index in [9.17, 15) is 4.79 Å². The van der Waals surface area contributed by atoms with Crippen LogP contribution in [-0.4, -0.2) is 47.3 Å². The first-order valence-corrected chi connectivity index (χ1v) is 14.9. The fraction of sp³-hybridized carbons (Fsp3) is 0.567. The fourth-order valence-corrected chi connectivity index (χ4v) is 5.66. The van der Waals surface area contributed by atoms with E-state index in [2.05, 4.69) is 16.0 Å². The summed E-state index contributed by atoms with van der Waals surface area (Å²) in [6.45, 7) is 2.80. The molecule has 0 aliphatic carbocycles. The number of aromatic nitrogens is 2. The summed E-state index contributed by atoms with van der Waals surface area (Å²) in [5.74, 6) is 1.49. The van der Waals surface area contributed by atoms with Crippen LogP contribution in [0.1, 0.15) is 75.5 Å². The lowest BCUT2D eigenvalue weighted by Gasteiger charge is -2.31. The molecule has 37 heavy (non-hydrogen) atoms. The summed E-state index contributed by atoms with van der Waals surface area (Å²) in [6.07, 6.45) is 17.7. The minimum absolute atomic E-state index is 0.140. The van der Waals surface area contributed by atoms with Gasteiger partial charge in [-0.15, -0.1) is 11.3 Å². The second kappa shape index (κ2) is 15.6. The lowest BCUT2D eigenvalue weighted by molar-refractivity contribution is 0.0838. The molecular weight excluding hydrogens is 482 g/mol. The highest BCUT2D eigenvalue weighted by Crippen LogP contribution is 2.26. The number of piperidine rings is 1. The Balaban J connectivity index is 0.977. The van der Waals surface area contributed by atoms with E-state index in [1.54, 1.807) is 17.5 Å². The van der Waals surface area contributed by atoms with Crippen LogP contribution in [0.15, 0.2) is 48.2 Å². The van der Waals surface area contributed by atoms with Crippen molar-refractivity contribution in [1.29, 1.82) is 0 Å². The van der Waals surface area contributed by atoms with Crippen LogP contribution in [0.5, 0.6) is 5.75 Å². The normalized spacial score (nSPS) is 14.2. The molecule has 1 aliphatic heterocycles. The molecule has 1 amide bonds. The molecule has 0 N–H and O–H groups in total. The van der Waals surface area contributed by atoms with Gasteiger partial charge in [0.25, 0.3) is 0 Å². The lowest BCUT2D eigenvalue weighted by Crippen LogP contribution is -2.39. The Bertz CT molecular complexity index is 1050. The summed E-state index contributed by atoms with van der Waals surface area (Å²) in [5.41, 5.74) is 2.88. The topological polar surface area (TPSA) is 64.5 Å². The van der Waals surface area contributed by atoms with Gasteiger partial charge >= 0.3 is 6.09 Å². The molecule has 0 saturated carbocycles. The summed E-state index contributed by atoms with van der Waals surface area (Å²) < 4.78 is 11.6. The molecule has 0 bridgehead atoms. The first-order chi connectivity index (χ1) is 18.3. The third-order valence-corrected chi connectivity index (χ3v) is 8.13. The predicted molar refractivity (Wildman–Crippen MR) is 150 cm³/mol. The van der Waals surface area contributed by atoms with Crippen LogP contribution in [0.4, 0.5) is 4.79 Å². The van der Waals surface area contributed by atoms with Crippen LogP contribution in [-0.2, 0) is 11.2 Å². The van der Waals surface area contributed by atoms with Gasteiger partial charge in [-0.25, -0.2) is 4.79 Å². The minimum atomic E-state index is -0.140. The Kier molecular flexibility index (Phi) is 11.5. The van der Waals surface area contributed by atoms with E-state index >= 15 is 0 Å². The number of hydrogen-bond acceptors (Lipinski definition) is 6. The van der Waals surface area contributed by atoms with Gasteiger partial charge in [0.2, 0.25) is 0 Å². The Morgan fingerprint density at radius 3 is 2.51 bits per heavy atom. The summed E-state index contributed by atoms with van der Waals surface area (Å²) in [6, 6.07) is 10.00. The zero-order valence-electron chi connectivity index (χ0n) is 22.0. The highest BCUT2D eigenvalue weighted by Gasteiger charge is 2.23. The number of thiazole rings is 1. The van der Waals surface area contributed by atoms with Gasteiger partial charge in [0.05, 0.1) is 24.2 Å². The van der Waals surface area contributed by atoms with Crippen molar-refractivity contribution in [3.8, 4) is 5.75 Å². The molecule has 7 heteroatoms. The standard InChI is InChI=1S/C30H41N3O3S/c34-30(36-21-8-6-4-2-1-3-5-7-11-26-23-31-24-37-26)33-19-15-25(16-20-33)17-22-35-29-14-9-13-28-27(29)12-10-18-32-28/h9-10,12-14,18,23-25H,1-8,11,15-17,19-22H2. The Hall–Kier alpha value is -2.67. The fourth-order valence-electron chi connectivity index (χ4n) is 5.02. The van der Waals surface area contributed by atoms with Gasteiger partial charge in [-0.1, -0.05) is 44.6 Å². The highest BCUT2D eigenvalue weighted by atomic mass is 32.1. The smallest absolute Gasteiger partial charge is 0.409 e. The summed E-state index contributed by atoms with van der Waals surface area (Å²) >= 11 is 1.76. The first-order valence-electron chi connectivity index (χ1n) is 14.1. The maximum absolute atomic E-state index is 12.4. The first kappa shape index (κ1) is 27.4. The molecule has 0 unspecified atom stereocenters. The predicted octanol–water partition coefficient (Wildman–Crippen LogP) is 7.67. The average molecular weight is 524 g/mol. The molecular formula is C30H41N3O3S. The summed E-state index contributed by atoms with van der Waals surface area (Å²) in [7, 11) is 0. The second-order valence-corrected chi connectivity index (χ2v) is 11.0. The number of amides is 1. The van der Waals surface area contributed by atoms with Gasteiger partial charge in [-0.05, 0) is 68.7 Å². The van der Waals surface area contributed by atoms with E-state index in [1.165, 1.54) is 49.8 Å². The van der Waals surface area contributed by atoms with Gasteiger partial charge < -0.3 is 14.4 Å². The van der Waals surface area contributed by atoms with E-state index in [0.29, 0.717) is 19.1 Å². The number of hydrogen-bond donors (Lipinski definition) is 0. The van der Waals surface area contributed by atoms with Crippen molar-refractivity contribution in [2.45, 2.75) is 77.0 Å². The third-order valence-electron chi connectivity index (χ3n) is 7.29. The van der Waals surface area contributed by atoms with Crippen molar-refractivity contribution in [2.75, 3.05) is 26.3 Å². The maximum Gasteiger partial charge on any atom is 0.409 e. The van der Waals surface area contributed by atoms with Crippen LogP contribution in [0.2, 0.25) is 0 Å². The number of carbonyl (C=O) groups excluding carboxylic acids is 1. The van der Waals surface area contributed by atoms with Crippen molar-refractivity contribution in [3.05, 3.63) is 53.1 Å². The second-order valence-electron chi connectivity index (χ2n) is 10.1. The SMILES string of the molecule is O=C(OCCCCCCCCCCc1cncs1)N1CCC(CCOc2cccc3ncccc23)CC1. The van der Waals surface area contributed by atoms with Gasteiger partial charge in [-0.2, -0.15) is 0 Å². The average Bonchev–Trinajstić information content (AvgIpc) is 3.46. The molecule has 3 heterocycles. The zero-order chi connectivity index (χ0) is 25.5. The number of fused-ring (bicyclic) bond motifs is 1. The van der Waals surface area contributed by atoms with Crippen molar-refractivity contribution >= 4 is 28.3 Å². The molecule has 0 atom stereocenters. The Morgan fingerprint density at radius 2 is 1.73 bits per heavy atom. The number of rotatable bonds is 15.